The van der Waals surface area contributed by atoms with Crippen molar-refractivity contribution in [2.45, 2.75) is 6.42 Å². The summed E-state index contributed by atoms with van der Waals surface area (Å²) in [6, 6.07) is 9.88. The van der Waals surface area contributed by atoms with E-state index >= 15 is 0 Å². The van der Waals surface area contributed by atoms with E-state index in [0.717, 1.165) is 44.0 Å². The van der Waals surface area contributed by atoms with Gasteiger partial charge in [0.1, 0.15) is 11.6 Å². The quantitative estimate of drug-likeness (QED) is 0.752. The molecule has 128 valence electrons. The van der Waals surface area contributed by atoms with Crippen LogP contribution in [0.3, 0.4) is 0 Å². The highest BCUT2D eigenvalue weighted by molar-refractivity contribution is 7.12. The Morgan fingerprint density at radius 3 is 2.54 bits per heavy atom. The molecule has 2 heterocycles. The van der Waals surface area contributed by atoms with Gasteiger partial charge in [0.15, 0.2) is 0 Å². The maximum absolute atomic E-state index is 12.8. The zero-order valence-electron chi connectivity index (χ0n) is 13.5. The molecular formula is C18H21FN2O2S. The van der Waals surface area contributed by atoms with Crippen LogP contribution in [0.4, 0.5) is 4.39 Å². The van der Waals surface area contributed by atoms with Gasteiger partial charge in [0.25, 0.3) is 5.91 Å². The number of thiophene rings is 1. The molecular weight excluding hydrogens is 327 g/mol. The summed E-state index contributed by atoms with van der Waals surface area (Å²) >= 11 is 1.50. The van der Waals surface area contributed by atoms with Gasteiger partial charge in [-0.05, 0) is 42.1 Å². The molecule has 0 saturated carbocycles. The van der Waals surface area contributed by atoms with E-state index in [4.69, 9.17) is 4.74 Å². The summed E-state index contributed by atoms with van der Waals surface area (Å²) in [6.45, 7) is 4.90. The summed E-state index contributed by atoms with van der Waals surface area (Å²) < 4.78 is 18.4. The largest absolute Gasteiger partial charge is 0.494 e. The Balaban J connectivity index is 1.34. The van der Waals surface area contributed by atoms with Crippen LogP contribution >= 0.6 is 11.3 Å². The molecule has 1 fully saturated rings. The molecule has 2 aromatic rings. The van der Waals surface area contributed by atoms with Gasteiger partial charge in [0.2, 0.25) is 0 Å². The molecule has 0 atom stereocenters. The van der Waals surface area contributed by atoms with Gasteiger partial charge in [-0.15, -0.1) is 11.3 Å². The van der Waals surface area contributed by atoms with E-state index in [1.807, 2.05) is 22.4 Å². The Labute approximate surface area is 145 Å². The van der Waals surface area contributed by atoms with Crippen molar-refractivity contribution >= 4 is 17.2 Å². The minimum absolute atomic E-state index is 0.143. The van der Waals surface area contributed by atoms with Crippen LogP contribution in [0.2, 0.25) is 0 Å². The van der Waals surface area contributed by atoms with E-state index in [1.54, 1.807) is 12.1 Å². The first-order valence-electron chi connectivity index (χ1n) is 8.16. The van der Waals surface area contributed by atoms with Crippen LogP contribution in [-0.2, 0) is 0 Å². The number of rotatable bonds is 6. The molecule has 4 nitrogen and oxygen atoms in total. The third-order valence-electron chi connectivity index (χ3n) is 4.09. The second-order valence-corrected chi connectivity index (χ2v) is 6.71. The van der Waals surface area contributed by atoms with E-state index in [1.165, 1.54) is 23.5 Å². The zero-order chi connectivity index (χ0) is 16.8. The van der Waals surface area contributed by atoms with Gasteiger partial charge in [-0.2, -0.15) is 0 Å². The first-order valence-corrected chi connectivity index (χ1v) is 9.04. The number of hydrogen-bond donors (Lipinski definition) is 0. The Morgan fingerprint density at radius 2 is 1.88 bits per heavy atom. The molecule has 1 amide bonds. The van der Waals surface area contributed by atoms with Gasteiger partial charge in [-0.3, -0.25) is 9.69 Å². The SMILES string of the molecule is O=C(c1cccs1)N1CCN(CCCOc2ccc(F)cc2)CC1. The van der Waals surface area contributed by atoms with Crippen molar-refractivity contribution in [3.63, 3.8) is 0 Å². The molecule has 1 aliphatic heterocycles. The van der Waals surface area contributed by atoms with Crippen molar-refractivity contribution in [3.8, 4) is 5.75 Å². The maximum atomic E-state index is 12.8. The van der Waals surface area contributed by atoms with Crippen LogP contribution in [-0.4, -0.2) is 55.0 Å². The minimum atomic E-state index is -0.252. The lowest BCUT2D eigenvalue weighted by Crippen LogP contribution is -2.48. The summed E-state index contributed by atoms with van der Waals surface area (Å²) in [4.78, 5) is 17.4. The lowest BCUT2D eigenvalue weighted by atomic mass is 10.2. The summed E-state index contributed by atoms with van der Waals surface area (Å²) in [5, 5.41) is 1.94. The summed E-state index contributed by atoms with van der Waals surface area (Å²) in [5.41, 5.74) is 0. The maximum Gasteiger partial charge on any atom is 0.264 e. The molecule has 3 rings (SSSR count). The molecule has 0 N–H and O–H groups in total. The average Bonchev–Trinajstić information content (AvgIpc) is 3.15. The molecule has 0 aliphatic carbocycles. The van der Waals surface area contributed by atoms with Gasteiger partial charge in [-0.1, -0.05) is 6.07 Å². The molecule has 1 aliphatic rings. The molecule has 24 heavy (non-hydrogen) atoms. The number of carbonyl (C=O) groups excluding carboxylic acids is 1. The molecule has 1 saturated heterocycles. The Morgan fingerprint density at radius 1 is 1.12 bits per heavy atom. The number of carbonyl (C=O) groups is 1. The van der Waals surface area contributed by atoms with Crippen LogP contribution in [0, 0.1) is 5.82 Å². The van der Waals surface area contributed by atoms with E-state index < -0.39 is 0 Å². The van der Waals surface area contributed by atoms with Crippen LogP contribution in [0.25, 0.3) is 0 Å². The summed E-state index contributed by atoms with van der Waals surface area (Å²) in [7, 11) is 0. The van der Waals surface area contributed by atoms with Crippen LogP contribution in [0.15, 0.2) is 41.8 Å². The van der Waals surface area contributed by atoms with Gasteiger partial charge in [0, 0.05) is 32.7 Å². The van der Waals surface area contributed by atoms with Crippen molar-refractivity contribution in [2.24, 2.45) is 0 Å². The fourth-order valence-corrected chi connectivity index (χ4v) is 3.43. The third-order valence-corrected chi connectivity index (χ3v) is 4.95. The number of piperazine rings is 1. The number of nitrogens with zero attached hydrogens (tertiary/aromatic N) is 2. The number of hydrogen-bond acceptors (Lipinski definition) is 4. The van der Waals surface area contributed by atoms with Crippen molar-refractivity contribution < 1.29 is 13.9 Å². The average molecular weight is 348 g/mol. The highest BCUT2D eigenvalue weighted by atomic mass is 32.1. The first kappa shape index (κ1) is 16.9. The second-order valence-electron chi connectivity index (χ2n) is 5.77. The zero-order valence-corrected chi connectivity index (χ0v) is 14.3. The summed E-state index contributed by atoms with van der Waals surface area (Å²) in [6.07, 6.45) is 0.913. The van der Waals surface area contributed by atoms with E-state index in [0.29, 0.717) is 12.4 Å². The Kier molecular flexibility index (Phi) is 5.82. The topological polar surface area (TPSA) is 32.8 Å². The highest BCUT2D eigenvalue weighted by Crippen LogP contribution is 2.14. The molecule has 0 radical (unpaired) electrons. The van der Waals surface area contributed by atoms with Gasteiger partial charge in [0.05, 0.1) is 11.5 Å². The minimum Gasteiger partial charge on any atom is -0.494 e. The predicted octanol–water partition coefficient (Wildman–Crippen LogP) is 3.11. The smallest absolute Gasteiger partial charge is 0.264 e. The first-order chi connectivity index (χ1) is 11.7. The molecule has 0 unspecified atom stereocenters. The number of amides is 1. The van der Waals surface area contributed by atoms with Gasteiger partial charge in [-0.25, -0.2) is 4.39 Å². The normalized spacial score (nSPS) is 15.5. The fourth-order valence-electron chi connectivity index (χ4n) is 2.74. The monoisotopic (exact) mass is 348 g/mol. The molecule has 1 aromatic heterocycles. The lowest BCUT2D eigenvalue weighted by Gasteiger charge is -2.34. The molecule has 6 heteroatoms. The third kappa shape index (κ3) is 4.55. The van der Waals surface area contributed by atoms with Crippen molar-refractivity contribution in [3.05, 3.63) is 52.5 Å². The van der Waals surface area contributed by atoms with E-state index in [2.05, 4.69) is 4.90 Å². The van der Waals surface area contributed by atoms with Crippen molar-refractivity contribution in [1.29, 1.82) is 0 Å². The predicted molar refractivity (Wildman–Crippen MR) is 93.2 cm³/mol. The lowest BCUT2D eigenvalue weighted by molar-refractivity contribution is 0.0635. The molecule has 0 bridgehead atoms. The fraction of sp³-hybridized carbons (Fsp3) is 0.389. The van der Waals surface area contributed by atoms with Crippen LogP contribution in [0.1, 0.15) is 16.1 Å². The summed E-state index contributed by atoms with van der Waals surface area (Å²) in [5.74, 6) is 0.587. The number of ether oxygens (including phenoxy) is 1. The molecule has 0 spiro atoms. The highest BCUT2D eigenvalue weighted by Gasteiger charge is 2.22. The van der Waals surface area contributed by atoms with Gasteiger partial charge >= 0.3 is 0 Å². The van der Waals surface area contributed by atoms with E-state index in [9.17, 15) is 9.18 Å². The van der Waals surface area contributed by atoms with Crippen LogP contribution in [0.5, 0.6) is 5.75 Å². The van der Waals surface area contributed by atoms with E-state index in [-0.39, 0.29) is 11.7 Å². The van der Waals surface area contributed by atoms with Crippen LogP contribution < -0.4 is 4.74 Å². The number of halogens is 1. The van der Waals surface area contributed by atoms with Gasteiger partial charge < -0.3 is 9.64 Å². The Hall–Kier alpha value is -1.92. The Bertz CT molecular complexity index is 638. The standard InChI is InChI=1S/C18H21FN2O2S/c19-15-4-6-16(7-5-15)23-13-2-8-20-9-11-21(12-10-20)18(22)17-3-1-14-24-17/h1,3-7,14H,2,8-13H2. The molecule has 1 aromatic carbocycles. The van der Waals surface area contributed by atoms with Crippen molar-refractivity contribution in [2.75, 3.05) is 39.3 Å². The van der Waals surface area contributed by atoms with Crippen molar-refractivity contribution in [1.82, 2.24) is 9.80 Å². The second kappa shape index (κ2) is 8.26. The number of benzene rings is 1.